The van der Waals surface area contributed by atoms with Crippen LogP contribution in [0.15, 0.2) is 22.7 Å². The Morgan fingerprint density at radius 3 is 2.74 bits per heavy atom. The molecule has 0 atom stereocenters. The van der Waals surface area contributed by atoms with Gasteiger partial charge in [0.1, 0.15) is 0 Å². The first kappa shape index (κ1) is 16.0. The Morgan fingerprint density at radius 1 is 1.53 bits per heavy atom. The van der Waals surface area contributed by atoms with Crippen molar-refractivity contribution in [1.29, 1.82) is 5.26 Å². The Morgan fingerprint density at radius 2 is 2.21 bits per heavy atom. The third kappa shape index (κ3) is 4.85. The van der Waals surface area contributed by atoms with E-state index in [9.17, 15) is 4.79 Å². The Kier molecular flexibility index (Phi) is 6.33. The van der Waals surface area contributed by atoms with Crippen molar-refractivity contribution in [3.63, 3.8) is 0 Å². The highest BCUT2D eigenvalue weighted by molar-refractivity contribution is 9.10. The molecule has 3 nitrogen and oxygen atoms in total. The van der Waals surface area contributed by atoms with Crippen molar-refractivity contribution in [1.82, 2.24) is 4.90 Å². The molecular weight excluding hydrogens is 328 g/mol. The lowest BCUT2D eigenvalue weighted by molar-refractivity contribution is 0.0739. The molecule has 1 rings (SSSR count). The molecule has 0 bridgehead atoms. The molecule has 0 aliphatic carbocycles. The number of nitrogens with zero attached hydrogens (tertiary/aromatic N) is 2. The number of hydrogen-bond donors (Lipinski definition) is 0. The molecule has 0 fully saturated rings. The van der Waals surface area contributed by atoms with Gasteiger partial charge in [-0.15, -0.1) is 0 Å². The number of carbonyl (C=O) groups excluding carboxylic acids is 1. The van der Waals surface area contributed by atoms with Crippen molar-refractivity contribution in [3.8, 4) is 6.07 Å². The summed E-state index contributed by atoms with van der Waals surface area (Å²) in [4.78, 5) is 14.2. The summed E-state index contributed by atoms with van der Waals surface area (Å²) in [6.07, 6.45) is 0.337. The highest BCUT2D eigenvalue weighted by Crippen LogP contribution is 2.23. The van der Waals surface area contributed by atoms with Gasteiger partial charge in [0.25, 0.3) is 5.91 Å². The maximum absolute atomic E-state index is 12.5. The van der Waals surface area contributed by atoms with E-state index < -0.39 is 0 Å². The highest BCUT2D eigenvalue weighted by Gasteiger charge is 2.19. The number of amides is 1. The largest absolute Gasteiger partial charge is 0.337 e. The number of rotatable bonds is 5. The van der Waals surface area contributed by atoms with Crippen LogP contribution < -0.4 is 0 Å². The van der Waals surface area contributed by atoms with Gasteiger partial charge in [0.05, 0.1) is 18.1 Å². The highest BCUT2D eigenvalue weighted by atomic mass is 79.9. The SMILES string of the molecule is CC(C)CN(CCC#N)C(=O)c1ccc(Cl)cc1Br. The molecule has 19 heavy (non-hydrogen) atoms. The fourth-order valence-electron chi connectivity index (χ4n) is 1.73. The summed E-state index contributed by atoms with van der Waals surface area (Å²) in [5, 5.41) is 9.26. The van der Waals surface area contributed by atoms with E-state index in [1.165, 1.54) is 0 Å². The van der Waals surface area contributed by atoms with Crippen LogP contribution in [0.4, 0.5) is 0 Å². The first-order valence-corrected chi connectivity index (χ1v) is 7.24. The second kappa shape index (κ2) is 7.52. The fourth-order valence-corrected chi connectivity index (χ4v) is 2.59. The van der Waals surface area contributed by atoms with Gasteiger partial charge in [-0.3, -0.25) is 4.79 Å². The van der Waals surface area contributed by atoms with Crippen LogP contribution in [0.1, 0.15) is 30.6 Å². The second-order valence-electron chi connectivity index (χ2n) is 4.68. The van der Waals surface area contributed by atoms with Gasteiger partial charge in [0.15, 0.2) is 0 Å². The number of hydrogen-bond acceptors (Lipinski definition) is 2. The lowest BCUT2D eigenvalue weighted by Crippen LogP contribution is -2.35. The Bertz CT molecular complexity index is 497. The zero-order valence-corrected chi connectivity index (χ0v) is 13.3. The van der Waals surface area contributed by atoms with E-state index in [4.69, 9.17) is 16.9 Å². The van der Waals surface area contributed by atoms with Gasteiger partial charge in [0.2, 0.25) is 0 Å². The minimum absolute atomic E-state index is 0.0764. The summed E-state index contributed by atoms with van der Waals surface area (Å²) in [5.74, 6) is 0.279. The van der Waals surface area contributed by atoms with E-state index in [2.05, 4.69) is 22.0 Å². The monoisotopic (exact) mass is 342 g/mol. The quantitative estimate of drug-likeness (QED) is 0.807. The molecule has 1 aromatic rings. The van der Waals surface area contributed by atoms with Crippen molar-refractivity contribution in [2.45, 2.75) is 20.3 Å². The van der Waals surface area contributed by atoms with Gasteiger partial charge >= 0.3 is 0 Å². The molecule has 0 saturated carbocycles. The molecule has 5 heteroatoms. The molecule has 102 valence electrons. The number of halogens is 2. The Balaban J connectivity index is 2.94. The fraction of sp³-hybridized carbons (Fsp3) is 0.429. The summed E-state index contributed by atoms with van der Waals surface area (Å²) in [6, 6.07) is 7.17. The summed E-state index contributed by atoms with van der Waals surface area (Å²) < 4.78 is 0.677. The van der Waals surface area contributed by atoms with Crippen LogP contribution in [0, 0.1) is 17.2 Å². The molecule has 0 aliphatic rings. The van der Waals surface area contributed by atoms with Crippen LogP contribution in [0.5, 0.6) is 0 Å². The number of nitriles is 1. The minimum Gasteiger partial charge on any atom is -0.337 e. The lowest BCUT2D eigenvalue weighted by atomic mass is 10.1. The van der Waals surface area contributed by atoms with E-state index in [1.54, 1.807) is 23.1 Å². The van der Waals surface area contributed by atoms with Crippen LogP contribution in [-0.4, -0.2) is 23.9 Å². The maximum Gasteiger partial charge on any atom is 0.255 e. The van der Waals surface area contributed by atoms with E-state index in [-0.39, 0.29) is 5.91 Å². The van der Waals surface area contributed by atoms with Crippen LogP contribution in [0.25, 0.3) is 0 Å². The Labute approximate surface area is 127 Å². The molecule has 0 spiro atoms. The molecule has 0 aliphatic heterocycles. The summed E-state index contributed by atoms with van der Waals surface area (Å²) in [6.45, 7) is 5.17. The van der Waals surface area contributed by atoms with E-state index in [0.717, 1.165) is 0 Å². The van der Waals surface area contributed by atoms with E-state index >= 15 is 0 Å². The summed E-state index contributed by atoms with van der Waals surface area (Å²) in [7, 11) is 0. The van der Waals surface area contributed by atoms with Crippen molar-refractivity contribution in [2.75, 3.05) is 13.1 Å². The predicted octanol–water partition coefficient (Wildman–Crippen LogP) is 4.11. The van der Waals surface area contributed by atoms with Gasteiger partial charge in [-0.2, -0.15) is 5.26 Å². The van der Waals surface area contributed by atoms with Crippen molar-refractivity contribution < 1.29 is 4.79 Å². The van der Waals surface area contributed by atoms with Crippen LogP contribution >= 0.6 is 27.5 Å². The van der Waals surface area contributed by atoms with Crippen molar-refractivity contribution >= 4 is 33.4 Å². The number of benzene rings is 1. The standard InChI is InChI=1S/C14H16BrClN2O/c1-10(2)9-18(7-3-6-17)14(19)12-5-4-11(16)8-13(12)15/h4-5,8,10H,3,7,9H2,1-2H3. The molecule has 0 heterocycles. The van der Waals surface area contributed by atoms with Gasteiger partial charge in [-0.05, 0) is 40.0 Å². The zero-order chi connectivity index (χ0) is 14.4. The van der Waals surface area contributed by atoms with Gasteiger partial charge in [-0.1, -0.05) is 25.4 Å². The van der Waals surface area contributed by atoms with Crippen molar-refractivity contribution in [3.05, 3.63) is 33.3 Å². The van der Waals surface area contributed by atoms with E-state index in [0.29, 0.717) is 40.5 Å². The van der Waals surface area contributed by atoms with Crippen LogP contribution in [-0.2, 0) is 0 Å². The molecule has 0 aromatic heterocycles. The lowest BCUT2D eigenvalue weighted by Gasteiger charge is -2.24. The predicted molar refractivity (Wildman–Crippen MR) is 80.1 cm³/mol. The minimum atomic E-state index is -0.0764. The molecule has 0 saturated heterocycles. The number of carbonyl (C=O) groups is 1. The average Bonchev–Trinajstić information content (AvgIpc) is 2.33. The molecule has 1 aromatic carbocycles. The summed E-state index contributed by atoms with van der Waals surface area (Å²) in [5.41, 5.74) is 0.572. The normalized spacial score (nSPS) is 10.3. The third-order valence-corrected chi connectivity index (χ3v) is 3.42. The summed E-state index contributed by atoms with van der Waals surface area (Å²) >= 11 is 9.22. The molecule has 0 radical (unpaired) electrons. The molecule has 0 N–H and O–H groups in total. The molecule has 1 amide bonds. The van der Waals surface area contributed by atoms with Gasteiger partial charge in [0, 0.05) is 22.6 Å². The van der Waals surface area contributed by atoms with Crippen molar-refractivity contribution in [2.24, 2.45) is 5.92 Å². The molecular formula is C14H16BrClN2O. The smallest absolute Gasteiger partial charge is 0.255 e. The second-order valence-corrected chi connectivity index (χ2v) is 5.97. The van der Waals surface area contributed by atoms with Crippen LogP contribution in [0.2, 0.25) is 5.02 Å². The average molecular weight is 344 g/mol. The molecule has 0 unspecified atom stereocenters. The van der Waals surface area contributed by atoms with Gasteiger partial charge in [-0.25, -0.2) is 0 Å². The first-order chi connectivity index (χ1) is 8.95. The zero-order valence-electron chi connectivity index (χ0n) is 11.0. The van der Waals surface area contributed by atoms with Gasteiger partial charge < -0.3 is 4.90 Å². The van der Waals surface area contributed by atoms with E-state index in [1.807, 2.05) is 13.8 Å². The van der Waals surface area contributed by atoms with Crippen LogP contribution in [0.3, 0.4) is 0 Å². The first-order valence-electron chi connectivity index (χ1n) is 6.07. The maximum atomic E-state index is 12.5. The topological polar surface area (TPSA) is 44.1 Å². The third-order valence-electron chi connectivity index (χ3n) is 2.53. The Hall–Kier alpha value is -1.05.